The van der Waals surface area contributed by atoms with Gasteiger partial charge in [-0.15, -0.1) is 0 Å². The van der Waals surface area contributed by atoms with Gasteiger partial charge in [0.2, 0.25) is 0 Å². The SMILES string of the molecule is O=[N+]([O-])c1cc(Br)c(F)cc1OCCS. The van der Waals surface area contributed by atoms with E-state index in [1.165, 1.54) is 0 Å². The molecule has 0 fully saturated rings. The van der Waals surface area contributed by atoms with Crippen molar-refractivity contribution in [3.63, 3.8) is 0 Å². The zero-order valence-corrected chi connectivity index (χ0v) is 9.92. The zero-order chi connectivity index (χ0) is 11.4. The zero-order valence-electron chi connectivity index (χ0n) is 7.44. The molecule has 0 saturated carbocycles. The molecular formula is C8H7BrFNO3S. The monoisotopic (exact) mass is 295 g/mol. The Labute approximate surface area is 99.1 Å². The van der Waals surface area contributed by atoms with Gasteiger partial charge in [0.1, 0.15) is 5.82 Å². The summed E-state index contributed by atoms with van der Waals surface area (Å²) in [6.07, 6.45) is 0. The van der Waals surface area contributed by atoms with Crippen molar-refractivity contribution >= 4 is 34.2 Å². The lowest BCUT2D eigenvalue weighted by Crippen LogP contribution is -2.02. The van der Waals surface area contributed by atoms with Gasteiger partial charge in [-0.3, -0.25) is 10.1 Å². The van der Waals surface area contributed by atoms with Gasteiger partial charge >= 0.3 is 5.69 Å². The number of nitro benzene ring substituents is 1. The van der Waals surface area contributed by atoms with Gasteiger partial charge in [-0.25, -0.2) is 4.39 Å². The topological polar surface area (TPSA) is 52.4 Å². The minimum absolute atomic E-state index is 0.0347. The highest BCUT2D eigenvalue weighted by Crippen LogP contribution is 2.32. The van der Waals surface area contributed by atoms with E-state index in [4.69, 9.17) is 4.74 Å². The molecular weight excluding hydrogens is 289 g/mol. The minimum atomic E-state index is -0.627. The third-order valence-corrected chi connectivity index (χ3v) is 2.34. The molecule has 0 unspecified atom stereocenters. The smallest absolute Gasteiger partial charge is 0.312 e. The Morgan fingerprint density at radius 3 is 2.80 bits per heavy atom. The second kappa shape index (κ2) is 5.32. The highest BCUT2D eigenvalue weighted by atomic mass is 79.9. The third kappa shape index (κ3) is 3.07. The third-order valence-electron chi connectivity index (χ3n) is 1.55. The molecule has 7 heteroatoms. The van der Waals surface area contributed by atoms with Crippen LogP contribution in [0.2, 0.25) is 0 Å². The van der Waals surface area contributed by atoms with E-state index >= 15 is 0 Å². The molecule has 0 aromatic heterocycles. The van der Waals surface area contributed by atoms with E-state index in [-0.39, 0.29) is 22.5 Å². The number of halogens is 2. The highest BCUT2D eigenvalue weighted by Gasteiger charge is 2.18. The highest BCUT2D eigenvalue weighted by molar-refractivity contribution is 9.10. The van der Waals surface area contributed by atoms with Gasteiger partial charge in [0, 0.05) is 17.9 Å². The summed E-state index contributed by atoms with van der Waals surface area (Å²) in [5.74, 6) is -0.293. The van der Waals surface area contributed by atoms with Crippen molar-refractivity contribution in [2.75, 3.05) is 12.4 Å². The second-order valence-electron chi connectivity index (χ2n) is 2.56. The van der Waals surface area contributed by atoms with Crippen LogP contribution in [0, 0.1) is 15.9 Å². The quantitative estimate of drug-likeness (QED) is 0.528. The largest absolute Gasteiger partial charge is 0.486 e. The van der Waals surface area contributed by atoms with Gasteiger partial charge in [0.05, 0.1) is 16.0 Å². The van der Waals surface area contributed by atoms with Gasteiger partial charge in [0.15, 0.2) is 5.75 Å². The fourth-order valence-corrected chi connectivity index (χ4v) is 1.35. The summed E-state index contributed by atoms with van der Waals surface area (Å²) < 4.78 is 18.1. The molecule has 1 aromatic carbocycles. The van der Waals surface area contributed by atoms with Crippen molar-refractivity contribution in [2.24, 2.45) is 0 Å². The summed E-state index contributed by atoms with van der Waals surface area (Å²) in [6, 6.07) is 2.05. The molecule has 4 nitrogen and oxygen atoms in total. The van der Waals surface area contributed by atoms with Crippen LogP contribution in [0.3, 0.4) is 0 Å². The predicted octanol–water partition coefficient (Wildman–Crippen LogP) is 2.81. The van der Waals surface area contributed by atoms with Crippen LogP contribution in [0.5, 0.6) is 5.75 Å². The van der Waals surface area contributed by atoms with Crippen LogP contribution < -0.4 is 4.74 Å². The van der Waals surface area contributed by atoms with Gasteiger partial charge < -0.3 is 4.74 Å². The molecule has 0 saturated heterocycles. The first-order valence-corrected chi connectivity index (χ1v) is 5.36. The number of ether oxygens (including phenoxy) is 1. The van der Waals surface area contributed by atoms with Crippen LogP contribution in [-0.2, 0) is 0 Å². The summed E-state index contributed by atoms with van der Waals surface area (Å²) in [7, 11) is 0. The first kappa shape index (κ1) is 12.3. The van der Waals surface area contributed by atoms with E-state index < -0.39 is 10.7 Å². The van der Waals surface area contributed by atoms with Crippen LogP contribution in [0.25, 0.3) is 0 Å². The summed E-state index contributed by atoms with van der Waals surface area (Å²) >= 11 is 6.75. The maximum Gasteiger partial charge on any atom is 0.312 e. The first-order chi connectivity index (χ1) is 7.06. The number of hydrogen-bond donors (Lipinski definition) is 1. The molecule has 15 heavy (non-hydrogen) atoms. The van der Waals surface area contributed by atoms with Crippen LogP contribution in [0.15, 0.2) is 16.6 Å². The fourth-order valence-electron chi connectivity index (χ4n) is 0.932. The van der Waals surface area contributed by atoms with Gasteiger partial charge in [-0.1, -0.05) is 0 Å². The Hall–Kier alpha value is -0.820. The summed E-state index contributed by atoms with van der Waals surface area (Å²) in [5.41, 5.74) is -0.273. The van der Waals surface area contributed by atoms with Crippen molar-refractivity contribution in [3.8, 4) is 5.75 Å². The predicted molar refractivity (Wildman–Crippen MR) is 60.1 cm³/mol. The lowest BCUT2D eigenvalue weighted by Gasteiger charge is -2.05. The molecule has 0 aliphatic carbocycles. The number of rotatable bonds is 4. The second-order valence-corrected chi connectivity index (χ2v) is 3.86. The van der Waals surface area contributed by atoms with E-state index in [0.717, 1.165) is 12.1 Å². The maximum absolute atomic E-state index is 13.1. The van der Waals surface area contributed by atoms with E-state index in [9.17, 15) is 14.5 Å². The standard InChI is InChI=1S/C8H7BrFNO3S/c9-5-3-7(11(12)13)8(4-6(5)10)14-1-2-15/h3-4,15H,1-2H2. The Morgan fingerprint density at radius 2 is 2.27 bits per heavy atom. The summed E-state index contributed by atoms with van der Waals surface area (Å²) in [6.45, 7) is 0.186. The molecule has 0 bridgehead atoms. The van der Waals surface area contributed by atoms with Gasteiger partial charge in [-0.05, 0) is 15.9 Å². The Morgan fingerprint density at radius 1 is 1.60 bits per heavy atom. The lowest BCUT2D eigenvalue weighted by atomic mass is 10.3. The summed E-state index contributed by atoms with van der Waals surface area (Å²) in [4.78, 5) is 9.98. The van der Waals surface area contributed by atoms with Crippen molar-refractivity contribution in [2.45, 2.75) is 0 Å². The lowest BCUT2D eigenvalue weighted by molar-refractivity contribution is -0.386. The van der Waals surface area contributed by atoms with E-state index in [0.29, 0.717) is 5.75 Å². The molecule has 0 spiro atoms. The average molecular weight is 296 g/mol. The van der Waals surface area contributed by atoms with Crippen molar-refractivity contribution in [1.82, 2.24) is 0 Å². The Kier molecular flexibility index (Phi) is 4.34. The first-order valence-electron chi connectivity index (χ1n) is 3.93. The molecule has 0 amide bonds. The van der Waals surface area contributed by atoms with Crippen LogP contribution >= 0.6 is 28.6 Å². The molecule has 0 radical (unpaired) electrons. The van der Waals surface area contributed by atoms with E-state index in [1.54, 1.807) is 0 Å². The average Bonchev–Trinajstić information content (AvgIpc) is 2.19. The normalized spacial score (nSPS) is 10.1. The minimum Gasteiger partial charge on any atom is -0.486 e. The molecule has 1 rings (SSSR count). The fraction of sp³-hybridized carbons (Fsp3) is 0.250. The number of benzene rings is 1. The number of nitro groups is 1. The molecule has 82 valence electrons. The molecule has 0 aliphatic heterocycles. The Balaban J connectivity index is 3.10. The maximum atomic E-state index is 13.1. The van der Waals surface area contributed by atoms with E-state index in [1.807, 2.05) is 0 Å². The molecule has 0 heterocycles. The van der Waals surface area contributed by atoms with Crippen LogP contribution in [0.1, 0.15) is 0 Å². The van der Waals surface area contributed by atoms with Crippen molar-refractivity contribution in [1.29, 1.82) is 0 Å². The Bertz CT molecular complexity index is 388. The van der Waals surface area contributed by atoms with Crippen molar-refractivity contribution in [3.05, 3.63) is 32.5 Å². The van der Waals surface area contributed by atoms with Crippen LogP contribution in [0.4, 0.5) is 10.1 Å². The molecule has 0 atom stereocenters. The van der Waals surface area contributed by atoms with Crippen LogP contribution in [-0.4, -0.2) is 17.3 Å². The number of nitrogens with zero attached hydrogens (tertiary/aromatic N) is 1. The summed E-state index contributed by atoms with van der Waals surface area (Å²) in [5, 5.41) is 10.6. The van der Waals surface area contributed by atoms with Gasteiger partial charge in [-0.2, -0.15) is 12.6 Å². The molecule has 1 aromatic rings. The molecule has 0 aliphatic rings. The van der Waals surface area contributed by atoms with E-state index in [2.05, 4.69) is 28.6 Å². The number of hydrogen-bond acceptors (Lipinski definition) is 4. The molecule has 0 N–H and O–H groups in total. The van der Waals surface area contributed by atoms with Gasteiger partial charge in [0.25, 0.3) is 0 Å². The van der Waals surface area contributed by atoms with Crippen molar-refractivity contribution < 1.29 is 14.1 Å². The number of thiol groups is 1.